The molecule has 0 radical (unpaired) electrons. The van der Waals surface area contributed by atoms with Crippen molar-refractivity contribution in [2.24, 2.45) is 0 Å². The zero-order valence-electron chi connectivity index (χ0n) is 27.0. The number of aromatic nitrogens is 2. The molecule has 8 rings (SSSR count). The number of nitrogens with zero attached hydrogens (tertiary/aromatic N) is 4. The van der Waals surface area contributed by atoms with E-state index in [-0.39, 0.29) is 5.91 Å². The van der Waals surface area contributed by atoms with Crippen molar-refractivity contribution < 1.29 is 4.79 Å². The number of hydrogen-bond donors (Lipinski definition) is 0. The minimum Gasteiger partial charge on any atom is -0.364 e. The van der Waals surface area contributed by atoms with E-state index in [4.69, 9.17) is 4.98 Å². The van der Waals surface area contributed by atoms with Crippen LogP contribution in [-0.4, -0.2) is 33.4 Å². The fourth-order valence-corrected chi connectivity index (χ4v) is 7.77. The molecule has 5 nitrogen and oxygen atoms in total. The topological polar surface area (TPSA) is 41.4 Å². The molecule has 1 aliphatic rings. The van der Waals surface area contributed by atoms with E-state index < -0.39 is 5.54 Å². The number of carbonyl (C=O) groups excluding carboxylic acids is 1. The molecule has 0 saturated carbocycles. The first kappa shape index (κ1) is 30.8. The number of rotatable bonds is 7. The Balaban J connectivity index is 1.16. The molecule has 0 spiro atoms. The van der Waals surface area contributed by atoms with Gasteiger partial charge in [0.25, 0.3) is 5.91 Å². The van der Waals surface area contributed by atoms with E-state index in [1.165, 1.54) is 0 Å². The first-order chi connectivity index (χ1) is 24.1. The second-order valence-corrected chi connectivity index (χ2v) is 13.4. The Morgan fingerprint density at radius 3 is 1.98 bits per heavy atom. The molecule has 0 unspecified atom stereocenters. The van der Waals surface area contributed by atoms with Crippen molar-refractivity contribution in [3.8, 4) is 0 Å². The monoisotopic (exact) mass is 702 g/mol. The maximum Gasteiger partial charge on any atom is 0.254 e. The lowest BCUT2D eigenvalue weighted by Gasteiger charge is -2.37. The summed E-state index contributed by atoms with van der Waals surface area (Å²) in [5.74, 6) is 0.0484. The predicted octanol–water partition coefficient (Wildman–Crippen LogP) is 9.30. The average Bonchev–Trinajstić information content (AvgIpc) is 3.55. The molecule has 0 N–H and O–H groups in total. The highest BCUT2D eigenvalue weighted by Crippen LogP contribution is 2.41. The maximum absolute atomic E-state index is 14.1. The Kier molecular flexibility index (Phi) is 8.32. The summed E-state index contributed by atoms with van der Waals surface area (Å²) in [4.78, 5) is 23.5. The van der Waals surface area contributed by atoms with Gasteiger partial charge >= 0.3 is 0 Å². The van der Waals surface area contributed by atoms with E-state index in [0.717, 1.165) is 54.4 Å². The minimum atomic E-state index is -0.627. The van der Waals surface area contributed by atoms with Gasteiger partial charge in [-0.2, -0.15) is 0 Å². The molecular weight excluding hydrogens is 668 g/mol. The van der Waals surface area contributed by atoms with Crippen molar-refractivity contribution in [3.63, 3.8) is 0 Å². The summed E-state index contributed by atoms with van der Waals surface area (Å²) in [7, 11) is 0. The Morgan fingerprint density at radius 1 is 0.694 bits per heavy atom. The number of hydrogen-bond acceptors (Lipinski definition) is 3. The molecule has 2 heterocycles. The first-order valence-electron chi connectivity index (χ1n) is 16.6. The summed E-state index contributed by atoms with van der Waals surface area (Å²) in [6, 6.07) is 52.5. The second-order valence-electron chi connectivity index (χ2n) is 12.5. The molecule has 0 fully saturated rings. The molecule has 1 aliphatic heterocycles. The standard InChI is InChI=1S/C43H35BrN4O/c44-37-23-24-41-33(27-37)28-47(42(49)40-22-12-14-32-13-10-11-21-39(32)40)26-25-46(41)29-38-30-48(31-45-38)43(34-15-4-1-5-16-34,35-17-6-2-7-18-35)36-19-8-3-9-20-36/h1-24,27,30-31H,25-26,28-29H2. The van der Waals surface area contributed by atoms with E-state index >= 15 is 0 Å². The van der Waals surface area contributed by atoms with Crippen LogP contribution in [0.4, 0.5) is 5.69 Å². The lowest BCUT2D eigenvalue weighted by Crippen LogP contribution is -2.37. The fourth-order valence-electron chi connectivity index (χ4n) is 7.37. The van der Waals surface area contributed by atoms with E-state index in [9.17, 15) is 4.79 Å². The number of fused-ring (bicyclic) bond motifs is 2. The number of imidazole rings is 1. The van der Waals surface area contributed by atoms with Crippen LogP contribution in [-0.2, 0) is 18.6 Å². The Bertz CT molecular complexity index is 2130. The SMILES string of the molecule is O=C(c1cccc2ccccc12)N1CCN(Cc2cn(C(c3ccccc3)(c3ccccc3)c3ccccc3)cn2)c2ccc(Br)cc2C1. The molecule has 0 saturated heterocycles. The van der Waals surface area contributed by atoms with Crippen LogP contribution in [0.2, 0.25) is 0 Å². The van der Waals surface area contributed by atoms with Gasteiger partial charge in [0.05, 0.1) is 18.6 Å². The summed E-state index contributed by atoms with van der Waals surface area (Å²) in [6.07, 6.45) is 4.16. The fraction of sp³-hybridized carbons (Fsp3) is 0.116. The quantitative estimate of drug-likeness (QED) is 0.156. The van der Waals surface area contributed by atoms with E-state index in [2.05, 4.69) is 153 Å². The average molecular weight is 704 g/mol. The minimum absolute atomic E-state index is 0.0484. The van der Waals surface area contributed by atoms with E-state index in [1.54, 1.807) is 0 Å². The molecule has 0 bridgehead atoms. The highest BCUT2D eigenvalue weighted by atomic mass is 79.9. The molecule has 0 aliphatic carbocycles. The van der Waals surface area contributed by atoms with Crippen LogP contribution in [0.5, 0.6) is 0 Å². The molecule has 7 aromatic rings. The molecule has 1 amide bonds. The lowest BCUT2D eigenvalue weighted by atomic mass is 9.77. The number of carbonyl (C=O) groups is 1. The second kappa shape index (κ2) is 13.2. The maximum atomic E-state index is 14.1. The lowest BCUT2D eigenvalue weighted by molar-refractivity contribution is 0.0753. The summed E-state index contributed by atoms with van der Waals surface area (Å²) in [5.41, 5.74) is 6.75. The van der Waals surface area contributed by atoms with Crippen LogP contribution < -0.4 is 4.90 Å². The van der Waals surface area contributed by atoms with Crippen molar-refractivity contribution >= 4 is 38.3 Å². The molecule has 6 heteroatoms. The van der Waals surface area contributed by atoms with Crippen molar-refractivity contribution in [2.75, 3.05) is 18.0 Å². The Hall–Kier alpha value is -5.46. The summed E-state index contributed by atoms with van der Waals surface area (Å²) in [6.45, 7) is 2.41. The predicted molar refractivity (Wildman–Crippen MR) is 201 cm³/mol. The van der Waals surface area contributed by atoms with Crippen molar-refractivity contribution in [1.29, 1.82) is 0 Å². The molecule has 240 valence electrons. The van der Waals surface area contributed by atoms with Crippen LogP contribution >= 0.6 is 15.9 Å². The molecule has 49 heavy (non-hydrogen) atoms. The van der Waals surface area contributed by atoms with Crippen molar-refractivity contribution in [3.05, 3.63) is 202 Å². The van der Waals surface area contributed by atoms with Gasteiger partial charge in [-0.3, -0.25) is 4.79 Å². The van der Waals surface area contributed by atoms with Crippen LogP contribution in [0.1, 0.15) is 38.3 Å². The molecule has 6 aromatic carbocycles. The normalized spacial score (nSPS) is 13.2. The van der Waals surface area contributed by atoms with Gasteiger partial charge in [0, 0.05) is 41.6 Å². The van der Waals surface area contributed by atoms with Crippen LogP contribution in [0.25, 0.3) is 10.8 Å². The summed E-state index contributed by atoms with van der Waals surface area (Å²) >= 11 is 3.69. The van der Waals surface area contributed by atoms with Gasteiger partial charge in [-0.05, 0) is 57.3 Å². The zero-order valence-corrected chi connectivity index (χ0v) is 28.6. The Labute approximate surface area is 295 Å². The summed E-state index contributed by atoms with van der Waals surface area (Å²) in [5, 5.41) is 2.05. The first-order valence-corrected chi connectivity index (χ1v) is 17.4. The number of amides is 1. The van der Waals surface area contributed by atoms with Gasteiger partial charge in [-0.15, -0.1) is 0 Å². The van der Waals surface area contributed by atoms with Gasteiger partial charge in [0.1, 0.15) is 5.54 Å². The molecule has 0 atom stereocenters. The number of anilines is 1. The summed E-state index contributed by atoms with van der Waals surface area (Å²) < 4.78 is 3.26. The third kappa shape index (κ3) is 5.72. The van der Waals surface area contributed by atoms with Crippen LogP contribution in [0.3, 0.4) is 0 Å². The zero-order chi connectivity index (χ0) is 33.2. The number of benzene rings is 6. The van der Waals surface area contributed by atoms with E-state index in [0.29, 0.717) is 26.2 Å². The number of halogens is 1. The smallest absolute Gasteiger partial charge is 0.254 e. The highest BCUT2D eigenvalue weighted by Gasteiger charge is 2.38. The van der Waals surface area contributed by atoms with Crippen LogP contribution in [0, 0.1) is 0 Å². The highest BCUT2D eigenvalue weighted by molar-refractivity contribution is 9.10. The third-order valence-corrected chi connectivity index (χ3v) is 10.1. The third-order valence-electron chi connectivity index (χ3n) is 9.64. The van der Waals surface area contributed by atoms with Gasteiger partial charge in [0.15, 0.2) is 0 Å². The molecular formula is C43H35BrN4O. The van der Waals surface area contributed by atoms with Gasteiger partial charge in [-0.25, -0.2) is 4.98 Å². The molecule has 1 aromatic heterocycles. The largest absolute Gasteiger partial charge is 0.364 e. The van der Waals surface area contributed by atoms with Crippen LogP contribution in [0.15, 0.2) is 169 Å². The van der Waals surface area contributed by atoms with Gasteiger partial charge < -0.3 is 14.4 Å². The van der Waals surface area contributed by atoms with Crippen molar-refractivity contribution in [2.45, 2.75) is 18.6 Å². The van der Waals surface area contributed by atoms with Crippen molar-refractivity contribution in [1.82, 2.24) is 14.5 Å². The Morgan fingerprint density at radius 2 is 1.31 bits per heavy atom. The van der Waals surface area contributed by atoms with E-state index in [1.807, 2.05) is 41.6 Å². The van der Waals surface area contributed by atoms with Gasteiger partial charge in [0.2, 0.25) is 0 Å². The van der Waals surface area contributed by atoms with Gasteiger partial charge in [-0.1, -0.05) is 143 Å².